The lowest BCUT2D eigenvalue weighted by Crippen LogP contribution is -2.37. The van der Waals surface area contributed by atoms with E-state index >= 15 is 0 Å². The first-order valence-electron chi connectivity index (χ1n) is 26.9. The fourth-order valence-corrected chi connectivity index (χ4v) is 13.7. The lowest BCUT2D eigenvalue weighted by atomic mass is 9.64. The highest BCUT2D eigenvalue weighted by atomic mass is 15.1. The summed E-state index contributed by atoms with van der Waals surface area (Å²) in [7, 11) is 0. The Kier molecular flexibility index (Phi) is 9.96. The molecule has 362 valence electrons. The second-order valence-electron chi connectivity index (χ2n) is 20.3. The number of aromatic nitrogens is 4. The zero-order valence-electron chi connectivity index (χ0n) is 42.8. The van der Waals surface area contributed by atoms with E-state index in [0.717, 1.165) is 86.7 Å². The van der Waals surface area contributed by atoms with Gasteiger partial charge in [0.15, 0.2) is 0 Å². The number of hydrogen-bond donors (Lipinski definition) is 0. The second-order valence-corrected chi connectivity index (χ2v) is 20.3. The van der Waals surface area contributed by atoms with Crippen molar-refractivity contribution < 1.29 is 0 Å². The van der Waals surface area contributed by atoms with E-state index < -0.39 is 5.41 Å². The van der Waals surface area contributed by atoms with Crippen LogP contribution in [0.25, 0.3) is 111 Å². The van der Waals surface area contributed by atoms with Gasteiger partial charge in [-0.1, -0.05) is 200 Å². The Morgan fingerprint density at radius 3 is 1.28 bits per heavy atom. The zero-order chi connectivity index (χ0) is 50.6. The Morgan fingerprint density at radius 2 is 0.750 bits per heavy atom. The maximum absolute atomic E-state index is 5.54. The summed E-state index contributed by atoms with van der Waals surface area (Å²) >= 11 is 0. The number of nitrogens with zero attached hydrogens (tertiary/aromatic N) is 5. The summed E-state index contributed by atoms with van der Waals surface area (Å²) in [6, 6.07) is 85.6. The average Bonchev–Trinajstić information content (AvgIpc) is 4.36. The normalized spacial score (nSPS) is 13.2. The van der Waals surface area contributed by atoms with E-state index in [1.807, 2.05) is 0 Å². The number of imidazole rings is 2. The number of hydrogen-bond acceptors (Lipinski definition) is 3. The van der Waals surface area contributed by atoms with Crippen LogP contribution in [0.4, 0.5) is 11.4 Å². The van der Waals surface area contributed by atoms with Gasteiger partial charge in [-0.15, -0.1) is 0 Å². The van der Waals surface area contributed by atoms with Crippen LogP contribution in [-0.4, -0.2) is 25.6 Å². The third-order valence-corrected chi connectivity index (χ3v) is 16.7. The predicted octanol–water partition coefficient (Wildman–Crippen LogP) is 17.9. The van der Waals surface area contributed by atoms with Crippen LogP contribution >= 0.6 is 0 Å². The summed E-state index contributed by atoms with van der Waals surface area (Å²) in [4.78, 5) is 13.6. The third kappa shape index (κ3) is 6.08. The number of para-hydroxylation sites is 4. The fraction of sp³-hybridized carbons (Fsp3) is 0.0986. The van der Waals surface area contributed by atoms with Crippen LogP contribution in [0.3, 0.4) is 0 Å². The molecule has 2 aliphatic rings. The van der Waals surface area contributed by atoms with Crippen molar-refractivity contribution in [2.45, 2.75) is 39.3 Å². The molecule has 0 amide bonds. The van der Waals surface area contributed by atoms with Crippen LogP contribution in [0.2, 0.25) is 0 Å². The van der Waals surface area contributed by atoms with Gasteiger partial charge in [0, 0.05) is 53.3 Å². The third-order valence-electron chi connectivity index (χ3n) is 16.7. The van der Waals surface area contributed by atoms with Gasteiger partial charge in [0.2, 0.25) is 0 Å². The average molecular weight is 976 g/mol. The standard InChI is InChI=1S/C71H53N5/c1-4-74-61-40-17-15-37-58(61)71(59-38-16-18-41-62(59)74)57-36-14-13-28-53(57)66-54(35-21-39-60(66)71)65-49-31-19-29-47(51-33-22-42-63-67(51)72-69(75(63)5-2)45-24-9-7-10-25-45)55(49)44-56-48(30-20-32-50(56)65)52-34-23-43-64-68(52)73-70(76(64)6-3)46-26-11-8-12-27-46/h7-44H,4-6H2,1-3H3. The molecule has 76 heavy (non-hydrogen) atoms. The SMILES string of the molecule is CCN1c2ccccc2C2(c3ccccc3-c3c(-c4c5cccc(-c6cccc7c6nc(-c6ccccc6)n7CC)c5cc5c(-c6cccc7c6nc(-c6ccccc6)n7CC)cccc45)cccc32)c2ccccc21. The molecule has 2 aromatic heterocycles. The molecule has 0 fully saturated rings. The van der Waals surface area contributed by atoms with Gasteiger partial charge in [-0.2, -0.15) is 0 Å². The molecule has 13 aromatic rings. The van der Waals surface area contributed by atoms with Crippen molar-refractivity contribution in [3.8, 4) is 67.3 Å². The van der Waals surface area contributed by atoms with E-state index in [1.54, 1.807) is 0 Å². The van der Waals surface area contributed by atoms with Gasteiger partial charge in [-0.3, -0.25) is 0 Å². The van der Waals surface area contributed by atoms with E-state index in [2.05, 4.69) is 265 Å². The highest BCUT2D eigenvalue weighted by Gasteiger charge is 2.52. The summed E-state index contributed by atoms with van der Waals surface area (Å²) in [6.07, 6.45) is 0. The van der Waals surface area contributed by atoms with E-state index in [0.29, 0.717) is 0 Å². The van der Waals surface area contributed by atoms with Gasteiger partial charge < -0.3 is 14.0 Å². The summed E-state index contributed by atoms with van der Waals surface area (Å²) in [5.74, 6) is 1.96. The molecule has 5 nitrogen and oxygen atoms in total. The van der Waals surface area contributed by atoms with Gasteiger partial charge in [0.25, 0.3) is 0 Å². The number of anilines is 2. The second kappa shape index (κ2) is 17.1. The number of fused-ring (bicyclic) bond motifs is 13. The van der Waals surface area contributed by atoms with E-state index in [-0.39, 0.29) is 0 Å². The minimum absolute atomic E-state index is 0.550. The highest BCUT2D eigenvalue weighted by molar-refractivity contribution is 6.22. The Hall–Kier alpha value is -9.32. The van der Waals surface area contributed by atoms with Crippen LogP contribution in [0.1, 0.15) is 43.0 Å². The first-order valence-corrected chi connectivity index (χ1v) is 26.9. The minimum Gasteiger partial charge on any atom is -0.341 e. The Balaban J connectivity index is 1.07. The monoisotopic (exact) mass is 975 g/mol. The topological polar surface area (TPSA) is 38.9 Å². The van der Waals surface area contributed by atoms with E-state index in [9.17, 15) is 0 Å². The van der Waals surface area contributed by atoms with Gasteiger partial charge in [-0.25, -0.2) is 9.97 Å². The van der Waals surface area contributed by atoms with Crippen molar-refractivity contribution in [1.29, 1.82) is 0 Å². The molecule has 1 spiro atoms. The van der Waals surface area contributed by atoms with Gasteiger partial charge in [0.1, 0.15) is 11.6 Å². The Bertz CT molecular complexity index is 4250. The molecule has 0 saturated carbocycles. The molecule has 5 heteroatoms. The molecular weight excluding hydrogens is 923 g/mol. The molecule has 15 rings (SSSR count). The Morgan fingerprint density at radius 1 is 0.329 bits per heavy atom. The summed E-state index contributed by atoms with van der Waals surface area (Å²) < 4.78 is 4.72. The van der Waals surface area contributed by atoms with Crippen molar-refractivity contribution in [2.24, 2.45) is 0 Å². The van der Waals surface area contributed by atoms with Crippen LogP contribution in [0.5, 0.6) is 0 Å². The fourth-order valence-electron chi connectivity index (χ4n) is 13.7. The smallest absolute Gasteiger partial charge is 0.141 e. The molecule has 0 atom stereocenters. The van der Waals surface area contributed by atoms with Crippen molar-refractivity contribution in [2.75, 3.05) is 11.4 Å². The Labute approximate surface area is 442 Å². The van der Waals surface area contributed by atoms with Crippen LogP contribution in [-0.2, 0) is 18.5 Å². The first kappa shape index (κ1) is 44.2. The molecule has 0 saturated heterocycles. The highest BCUT2D eigenvalue weighted by Crippen LogP contribution is 2.64. The van der Waals surface area contributed by atoms with Gasteiger partial charge in [0.05, 0.1) is 27.5 Å². The maximum atomic E-state index is 5.54. The number of benzene rings is 11. The molecule has 0 bridgehead atoms. The van der Waals surface area contributed by atoms with Gasteiger partial charge in [-0.05, 0) is 128 Å². The van der Waals surface area contributed by atoms with Crippen molar-refractivity contribution in [1.82, 2.24) is 19.1 Å². The molecule has 0 N–H and O–H groups in total. The lowest BCUT2D eigenvalue weighted by molar-refractivity contribution is 0.739. The van der Waals surface area contributed by atoms with Crippen molar-refractivity contribution in [3.05, 3.63) is 253 Å². The molecule has 1 aliphatic heterocycles. The molecule has 3 heterocycles. The molecule has 0 unspecified atom stereocenters. The lowest BCUT2D eigenvalue weighted by Gasteiger charge is -2.44. The van der Waals surface area contributed by atoms with Crippen molar-refractivity contribution in [3.63, 3.8) is 0 Å². The van der Waals surface area contributed by atoms with Crippen molar-refractivity contribution >= 4 is 55.0 Å². The number of rotatable bonds is 8. The van der Waals surface area contributed by atoms with Crippen LogP contribution in [0, 0.1) is 0 Å². The molecular formula is C71H53N5. The predicted molar refractivity (Wildman–Crippen MR) is 317 cm³/mol. The van der Waals surface area contributed by atoms with E-state index in [1.165, 1.54) is 77.4 Å². The summed E-state index contributed by atoms with van der Waals surface area (Å²) in [6.45, 7) is 9.18. The number of aryl methyl sites for hydroxylation is 2. The summed E-state index contributed by atoms with van der Waals surface area (Å²) in [5, 5.41) is 4.76. The zero-order valence-corrected chi connectivity index (χ0v) is 42.8. The van der Waals surface area contributed by atoms with E-state index in [4.69, 9.17) is 9.97 Å². The first-order chi connectivity index (χ1) is 37.6. The molecule has 11 aromatic carbocycles. The minimum atomic E-state index is -0.550. The largest absolute Gasteiger partial charge is 0.341 e. The van der Waals surface area contributed by atoms with Gasteiger partial charge >= 0.3 is 0 Å². The molecule has 0 radical (unpaired) electrons. The summed E-state index contributed by atoms with van der Waals surface area (Å²) in [5.41, 5.74) is 23.2. The van der Waals surface area contributed by atoms with Crippen LogP contribution in [0.15, 0.2) is 231 Å². The quantitative estimate of drug-likeness (QED) is 0.142. The molecule has 1 aliphatic carbocycles. The maximum Gasteiger partial charge on any atom is 0.141 e. The van der Waals surface area contributed by atoms with Crippen LogP contribution < -0.4 is 4.90 Å².